The third-order valence-corrected chi connectivity index (χ3v) is 1.85. The van der Waals surface area contributed by atoms with Gasteiger partial charge in [0.25, 0.3) is 0 Å². The van der Waals surface area contributed by atoms with Crippen LogP contribution in [-0.4, -0.2) is 11.9 Å². The highest BCUT2D eigenvalue weighted by molar-refractivity contribution is 6.41. The first kappa shape index (κ1) is 8.50. The predicted molar refractivity (Wildman–Crippen MR) is 49.2 cm³/mol. The van der Waals surface area contributed by atoms with E-state index >= 15 is 0 Å². The molecular weight excluding hydrogens is 182 g/mol. The maximum Gasteiger partial charge on any atom is 0.404 e. The molecule has 0 unspecified atom stereocenters. The molecule has 1 saturated heterocycles. The molecule has 14 heavy (non-hydrogen) atoms. The minimum atomic E-state index is -0.890. The van der Waals surface area contributed by atoms with Crippen LogP contribution >= 0.6 is 0 Å². The van der Waals surface area contributed by atoms with Gasteiger partial charge in [-0.3, -0.25) is 4.79 Å². The highest BCUT2D eigenvalue weighted by atomic mass is 16.6. The van der Waals surface area contributed by atoms with Gasteiger partial charge in [0.15, 0.2) is 0 Å². The van der Waals surface area contributed by atoms with Crippen molar-refractivity contribution < 1.29 is 14.3 Å². The van der Waals surface area contributed by atoms with Crippen molar-refractivity contribution in [1.29, 1.82) is 0 Å². The molecule has 1 amide bonds. The minimum absolute atomic E-state index is 0.0474. The summed E-state index contributed by atoms with van der Waals surface area (Å²) in [5, 5.41) is 0. The third-order valence-electron chi connectivity index (χ3n) is 1.85. The Bertz CT molecular complexity index is 411. The van der Waals surface area contributed by atoms with E-state index in [1.807, 2.05) is 6.07 Å². The van der Waals surface area contributed by atoms with Crippen LogP contribution in [0.3, 0.4) is 0 Å². The van der Waals surface area contributed by atoms with Crippen LogP contribution in [0.5, 0.6) is 0 Å². The number of hydrogen-bond donors (Lipinski definition) is 0. The number of hydrogen-bond acceptors (Lipinski definition) is 3. The van der Waals surface area contributed by atoms with Crippen LogP contribution in [0.1, 0.15) is 0 Å². The molecule has 1 aromatic carbocycles. The Hall–Kier alpha value is -2.10. The van der Waals surface area contributed by atoms with Gasteiger partial charge in [0.05, 0.1) is 5.69 Å². The number of esters is 1. The van der Waals surface area contributed by atoms with E-state index in [-0.39, 0.29) is 5.88 Å². The van der Waals surface area contributed by atoms with Gasteiger partial charge in [0.2, 0.25) is 5.88 Å². The Morgan fingerprint density at radius 1 is 1.14 bits per heavy atom. The number of rotatable bonds is 1. The molecule has 0 aliphatic carbocycles. The second-order valence-corrected chi connectivity index (χ2v) is 2.76. The second-order valence-electron chi connectivity index (χ2n) is 2.76. The van der Waals surface area contributed by atoms with E-state index in [0.717, 1.165) is 4.90 Å². The summed E-state index contributed by atoms with van der Waals surface area (Å²) in [5.41, 5.74) is 0.577. The summed E-state index contributed by atoms with van der Waals surface area (Å²) in [4.78, 5) is 23.3. The van der Waals surface area contributed by atoms with E-state index in [1.54, 1.807) is 24.3 Å². The Morgan fingerprint density at radius 3 is 2.29 bits per heavy atom. The van der Waals surface area contributed by atoms with Gasteiger partial charge in [-0.2, -0.15) is 0 Å². The number of carbonyl (C=O) groups is 2. The fraction of sp³-hybridized carbons (Fsp3) is 0. The van der Waals surface area contributed by atoms with Crippen molar-refractivity contribution >= 4 is 17.6 Å². The summed E-state index contributed by atoms with van der Waals surface area (Å²) < 4.78 is 4.58. The number of amides is 1. The molecule has 4 nitrogen and oxygen atoms in total. The molecule has 0 N–H and O–H groups in total. The van der Waals surface area contributed by atoms with Gasteiger partial charge in [-0.05, 0) is 18.7 Å². The lowest BCUT2D eigenvalue weighted by Crippen LogP contribution is -2.25. The van der Waals surface area contributed by atoms with Crippen molar-refractivity contribution in [3.05, 3.63) is 42.8 Å². The zero-order chi connectivity index (χ0) is 10.1. The van der Waals surface area contributed by atoms with Crippen LogP contribution in [0.15, 0.2) is 42.8 Å². The Morgan fingerprint density at radius 2 is 1.79 bits per heavy atom. The standard InChI is InChI=1S/C10H7NO3/c1-7-11(9(12)10(13)14-7)8-5-3-2-4-6-8/h2-6H,1H2. The lowest BCUT2D eigenvalue weighted by Gasteiger charge is -2.12. The van der Waals surface area contributed by atoms with E-state index in [1.165, 1.54) is 0 Å². The van der Waals surface area contributed by atoms with Gasteiger partial charge in [0, 0.05) is 0 Å². The summed E-state index contributed by atoms with van der Waals surface area (Å²) in [6.45, 7) is 3.47. The normalized spacial score (nSPS) is 16.0. The van der Waals surface area contributed by atoms with Gasteiger partial charge >= 0.3 is 11.9 Å². The summed E-state index contributed by atoms with van der Waals surface area (Å²) in [5.74, 6) is -1.55. The number of anilines is 1. The minimum Gasteiger partial charge on any atom is -0.402 e. The summed E-state index contributed by atoms with van der Waals surface area (Å²) in [6.07, 6.45) is 0. The fourth-order valence-electron chi connectivity index (χ4n) is 1.24. The van der Waals surface area contributed by atoms with Crippen molar-refractivity contribution in [3.63, 3.8) is 0 Å². The molecule has 0 spiro atoms. The average Bonchev–Trinajstić information content (AvgIpc) is 2.43. The van der Waals surface area contributed by atoms with Crippen LogP contribution in [0.25, 0.3) is 0 Å². The predicted octanol–water partition coefficient (Wildman–Crippen LogP) is 1.05. The molecule has 1 aliphatic heterocycles. The van der Waals surface area contributed by atoms with Crippen molar-refractivity contribution in [1.82, 2.24) is 0 Å². The molecule has 0 saturated carbocycles. The van der Waals surface area contributed by atoms with Crippen LogP contribution in [0.4, 0.5) is 5.69 Å². The van der Waals surface area contributed by atoms with Crippen LogP contribution in [0.2, 0.25) is 0 Å². The van der Waals surface area contributed by atoms with Crippen molar-refractivity contribution in [3.8, 4) is 0 Å². The number of nitrogens with zero attached hydrogens (tertiary/aromatic N) is 1. The molecule has 0 atom stereocenters. The van der Waals surface area contributed by atoms with E-state index < -0.39 is 11.9 Å². The molecular formula is C10H7NO3. The summed E-state index contributed by atoms with van der Waals surface area (Å²) in [7, 11) is 0. The van der Waals surface area contributed by atoms with E-state index in [9.17, 15) is 9.59 Å². The summed E-state index contributed by atoms with van der Waals surface area (Å²) >= 11 is 0. The summed E-state index contributed by atoms with van der Waals surface area (Å²) in [6, 6.07) is 8.74. The first-order valence-electron chi connectivity index (χ1n) is 4.00. The topological polar surface area (TPSA) is 46.6 Å². The van der Waals surface area contributed by atoms with Gasteiger partial charge in [-0.25, -0.2) is 9.69 Å². The zero-order valence-corrected chi connectivity index (χ0v) is 7.27. The maximum absolute atomic E-state index is 11.3. The zero-order valence-electron chi connectivity index (χ0n) is 7.27. The van der Waals surface area contributed by atoms with Crippen LogP contribution in [0, 0.1) is 0 Å². The first-order valence-corrected chi connectivity index (χ1v) is 4.00. The van der Waals surface area contributed by atoms with Gasteiger partial charge in [-0.1, -0.05) is 18.2 Å². The highest BCUT2D eigenvalue weighted by Crippen LogP contribution is 2.23. The van der Waals surface area contributed by atoms with E-state index in [0.29, 0.717) is 5.69 Å². The molecule has 1 aromatic rings. The van der Waals surface area contributed by atoms with E-state index in [4.69, 9.17) is 0 Å². The molecule has 2 rings (SSSR count). The number of cyclic esters (lactones) is 1. The van der Waals surface area contributed by atoms with Gasteiger partial charge in [0.1, 0.15) is 0 Å². The van der Waals surface area contributed by atoms with Crippen LogP contribution < -0.4 is 4.90 Å². The Labute approximate surface area is 80.4 Å². The van der Waals surface area contributed by atoms with Gasteiger partial charge in [-0.15, -0.1) is 0 Å². The Kier molecular flexibility index (Phi) is 1.81. The van der Waals surface area contributed by atoms with Crippen molar-refractivity contribution in [2.75, 3.05) is 4.90 Å². The number of para-hydroxylation sites is 1. The molecule has 0 aromatic heterocycles. The molecule has 1 heterocycles. The largest absolute Gasteiger partial charge is 0.404 e. The van der Waals surface area contributed by atoms with Gasteiger partial charge < -0.3 is 4.74 Å². The Balaban J connectivity index is 2.41. The highest BCUT2D eigenvalue weighted by Gasteiger charge is 2.36. The van der Waals surface area contributed by atoms with Crippen molar-refractivity contribution in [2.24, 2.45) is 0 Å². The van der Waals surface area contributed by atoms with Crippen molar-refractivity contribution in [2.45, 2.75) is 0 Å². The molecule has 0 bridgehead atoms. The number of ether oxygens (including phenoxy) is 1. The first-order chi connectivity index (χ1) is 6.70. The lowest BCUT2D eigenvalue weighted by molar-refractivity contribution is -0.145. The van der Waals surface area contributed by atoms with Crippen LogP contribution in [-0.2, 0) is 14.3 Å². The monoisotopic (exact) mass is 189 g/mol. The molecule has 1 aliphatic rings. The fourth-order valence-corrected chi connectivity index (χ4v) is 1.24. The smallest absolute Gasteiger partial charge is 0.402 e. The second kappa shape index (κ2) is 2.99. The molecule has 0 radical (unpaired) electrons. The molecule has 1 fully saturated rings. The maximum atomic E-state index is 11.3. The SMILES string of the molecule is C=C1OC(=O)C(=O)N1c1ccccc1. The molecule has 4 heteroatoms. The molecule has 70 valence electrons. The number of carbonyl (C=O) groups excluding carboxylic acids is 2. The third kappa shape index (κ3) is 1.17. The lowest BCUT2D eigenvalue weighted by atomic mass is 10.3. The number of benzene rings is 1. The average molecular weight is 189 g/mol. The van der Waals surface area contributed by atoms with E-state index in [2.05, 4.69) is 11.3 Å². The quantitative estimate of drug-likeness (QED) is 0.490.